The minimum Gasteiger partial charge on any atom is -0.497 e. The van der Waals surface area contributed by atoms with Crippen molar-refractivity contribution in [3.63, 3.8) is 0 Å². The highest BCUT2D eigenvalue weighted by Gasteiger charge is 2.33. The minimum absolute atomic E-state index is 0.0376. The number of hydrogen-bond acceptors (Lipinski definition) is 5. The molecule has 1 atom stereocenters. The summed E-state index contributed by atoms with van der Waals surface area (Å²) < 4.78 is 31.8. The van der Waals surface area contributed by atoms with Gasteiger partial charge in [0.1, 0.15) is 5.75 Å². The highest BCUT2D eigenvalue weighted by Crippen LogP contribution is 2.25. The van der Waals surface area contributed by atoms with Crippen LogP contribution in [0.3, 0.4) is 0 Å². The number of nitrogens with one attached hydrogen (secondary N) is 1. The van der Waals surface area contributed by atoms with Crippen molar-refractivity contribution in [2.45, 2.75) is 24.2 Å². The Morgan fingerprint density at radius 3 is 2.60 bits per heavy atom. The molecule has 0 aliphatic carbocycles. The van der Waals surface area contributed by atoms with Gasteiger partial charge in [-0.15, -0.1) is 0 Å². The zero-order valence-electron chi connectivity index (χ0n) is 14.0. The summed E-state index contributed by atoms with van der Waals surface area (Å²) in [4.78, 5) is 22.8. The molecule has 0 aromatic heterocycles. The van der Waals surface area contributed by atoms with Crippen molar-refractivity contribution in [3.8, 4) is 5.75 Å². The number of amides is 1. The Morgan fingerprint density at radius 2 is 2.00 bits per heavy atom. The second kappa shape index (κ2) is 8.30. The Labute approximate surface area is 146 Å². The van der Waals surface area contributed by atoms with Crippen molar-refractivity contribution in [1.82, 2.24) is 9.62 Å². The van der Waals surface area contributed by atoms with E-state index in [1.807, 2.05) is 0 Å². The first kappa shape index (κ1) is 19.2. The summed E-state index contributed by atoms with van der Waals surface area (Å²) in [5.74, 6) is -1.22. The van der Waals surface area contributed by atoms with Gasteiger partial charge in [0.05, 0.1) is 24.3 Å². The van der Waals surface area contributed by atoms with Crippen molar-refractivity contribution < 1.29 is 27.9 Å². The van der Waals surface area contributed by atoms with Crippen LogP contribution < -0.4 is 10.1 Å². The third-order valence-corrected chi connectivity index (χ3v) is 5.97. The second-order valence-corrected chi connectivity index (χ2v) is 7.75. The molecule has 1 fully saturated rings. The zero-order valence-corrected chi connectivity index (χ0v) is 14.8. The molecule has 1 amide bonds. The number of carbonyl (C=O) groups excluding carboxylic acids is 1. The van der Waals surface area contributed by atoms with E-state index in [1.54, 1.807) is 12.1 Å². The van der Waals surface area contributed by atoms with Gasteiger partial charge in [-0.05, 0) is 37.1 Å². The van der Waals surface area contributed by atoms with E-state index in [2.05, 4.69) is 5.32 Å². The first-order valence-electron chi connectivity index (χ1n) is 7.98. The molecule has 8 nitrogen and oxygen atoms in total. The van der Waals surface area contributed by atoms with E-state index in [0.717, 1.165) is 0 Å². The number of carbonyl (C=O) groups is 2. The fourth-order valence-electron chi connectivity index (χ4n) is 2.71. The molecule has 25 heavy (non-hydrogen) atoms. The first-order valence-corrected chi connectivity index (χ1v) is 9.42. The molecular formula is C16H22N2O6S. The predicted octanol–water partition coefficient (Wildman–Crippen LogP) is 0.687. The number of rotatable bonds is 7. The molecule has 0 saturated carbocycles. The SMILES string of the molecule is COc1ccc(S(=O)(=O)N2CCC[C@@H](C(=O)NCCC(=O)O)C2)cc1. The monoisotopic (exact) mass is 370 g/mol. The van der Waals surface area contributed by atoms with Gasteiger partial charge in [-0.3, -0.25) is 9.59 Å². The minimum atomic E-state index is -3.68. The van der Waals surface area contributed by atoms with Gasteiger partial charge in [0.2, 0.25) is 15.9 Å². The Morgan fingerprint density at radius 1 is 1.32 bits per heavy atom. The smallest absolute Gasteiger partial charge is 0.305 e. The number of piperidine rings is 1. The van der Waals surface area contributed by atoms with Crippen LogP contribution >= 0.6 is 0 Å². The van der Waals surface area contributed by atoms with Gasteiger partial charge in [0.25, 0.3) is 0 Å². The number of ether oxygens (including phenoxy) is 1. The van der Waals surface area contributed by atoms with Crippen LogP contribution in [0.2, 0.25) is 0 Å². The van der Waals surface area contributed by atoms with E-state index in [9.17, 15) is 18.0 Å². The van der Waals surface area contributed by atoms with Crippen LogP contribution in [-0.4, -0.2) is 56.5 Å². The van der Waals surface area contributed by atoms with Gasteiger partial charge in [-0.2, -0.15) is 4.31 Å². The van der Waals surface area contributed by atoms with Crippen LogP contribution in [0.25, 0.3) is 0 Å². The molecule has 2 rings (SSSR count). The number of sulfonamides is 1. The van der Waals surface area contributed by atoms with Gasteiger partial charge in [0, 0.05) is 19.6 Å². The molecular weight excluding hydrogens is 348 g/mol. The van der Waals surface area contributed by atoms with E-state index < -0.39 is 21.9 Å². The van der Waals surface area contributed by atoms with Crippen molar-refractivity contribution in [1.29, 1.82) is 0 Å². The van der Waals surface area contributed by atoms with Crippen molar-refractivity contribution in [3.05, 3.63) is 24.3 Å². The van der Waals surface area contributed by atoms with Crippen molar-refractivity contribution in [2.24, 2.45) is 5.92 Å². The average molecular weight is 370 g/mol. The predicted molar refractivity (Wildman–Crippen MR) is 89.7 cm³/mol. The fraction of sp³-hybridized carbons (Fsp3) is 0.500. The van der Waals surface area contributed by atoms with E-state index in [1.165, 1.54) is 23.5 Å². The number of carboxylic acid groups (broad SMARTS) is 1. The molecule has 1 heterocycles. The van der Waals surface area contributed by atoms with E-state index in [0.29, 0.717) is 25.1 Å². The van der Waals surface area contributed by atoms with Gasteiger partial charge < -0.3 is 15.2 Å². The topological polar surface area (TPSA) is 113 Å². The number of aliphatic carboxylic acids is 1. The van der Waals surface area contributed by atoms with Crippen molar-refractivity contribution in [2.75, 3.05) is 26.7 Å². The van der Waals surface area contributed by atoms with Crippen molar-refractivity contribution >= 4 is 21.9 Å². The molecule has 138 valence electrons. The summed E-state index contributed by atoms with van der Waals surface area (Å²) in [5.41, 5.74) is 0. The summed E-state index contributed by atoms with van der Waals surface area (Å²) in [5, 5.41) is 11.2. The largest absolute Gasteiger partial charge is 0.497 e. The normalized spacial score (nSPS) is 18.5. The quantitative estimate of drug-likeness (QED) is 0.730. The molecule has 2 N–H and O–H groups in total. The Kier molecular flexibility index (Phi) is 6.38. The van der Waals surface area contributed by atoms with Crippen LogP contribution in [0.4, 0.5) is 0 Å². The Hall–Kier alpha value is -2.13. The maximum Gasteiger partial charge on any atom is 0.305 e. The molecule has 9 heteroatoms. The Balaban J connectivity index is 2.03. The number of benzene rings is 1. The standard InChI is InChI=1S/C16H22N2O6S/c1-24-13-4-6-14(7-5-13)25(22,23)18-10-2-3-12(11-18)16(21)17-9-8-15(19)20/h4-7,12H,2-3,8-11H2,1H3,(H,17,21)(H,19,20)/t12-/m1/s1. The van der Waals surface area contributed by atoms with Crippen LogP contribution in [0.15, 0.2) is 29.2 Å². The lowest BCUT2D eigenvalue weighted by Gasteiger charge is -2.31. The maximum absolute atomic E-state index is 12.7. The number of carboxylic acids is 1. The van der Waals surface area contributed by atoms with Crippen LogP contribution in [0.1, 0.15) is 19.3 Å². The van der Waals surface area contributed by atoms with E-state index in [4.69, 9.17) is 9.84 Å². The third kappa shape index (κ3) is 4.93. The molecule has 0 spiro atoms. The highest BCUT2D eigenvalue weighted by molar-refractivity contribution is 7.89. The lowest BCUT2D eigenvalue weighted by atomic mass is 9.99. The fourth-order valence-corrected chi connectivity index (χ4v) is 4.23. The number of hydrogen-bond donors (Lipinski definition) is 2. The maximum atomic E-state index is 12.7. The van der Waals surface area contributed by atoms with Crippen LogP contribution in [-0.2, 0) is 19.6 Å². The highest BCUT2D eigenvalue weighted by atomic mass is 32.2. The van der Waals surface area contributed by atoms with Gasteiger partial charge in [-0.25, -0.2) is 8.42 Å². The molecule has 1 saturated heterocycles. The lowest BCUT2D eigenvalue weighted by Crippen LogP contribution is -2.45. The number of nitrogens with zero attached hydrogens (tertiary/aromatic N) is 1. The van der Waals surface area contributed by atoms with Crippen LogP contribution in [0.5, 0.6) is 5.75 Å². The third-order valence-electron chi connectivity index (χ3n) is 4.09. The molecule has 0 unspecified atom stereocenters. The summed E-state index contributed by atoms with van der Waals surface area (Å²) in [6.45, 7) is 0.483. The van der Waals surface area contributed by atoms with E-state index in [-0.39, 0.29) is 30.3 Å². The second-order valence-electron chi connectivity index (χ2n) is 5.81. The van der Waals surface area contributed by atoms with Gasteiger partial charge in [0.15, 0.2) is 0 Å². The van der Waals surface area contributed by atoms with E-state index >= 15 is 0 Å². The van der Waals surface area contributed by atoms with Crippen LogP contribution in [0, 0.1) is 5.92 Å². The molecule has 1 aliphatic heterocycles. The molecule has 1 aromatic rings. The average Bonchev–Trinajstić information content (AvgIpc) is 2.61. The van der Waals surface area contributed by atoms with Gasteiger partial charge in [-0.1, -0.05) is 0 Å². The van der Waals surface area contributed by atoms with Gasteiger partial charge >= 0.3 is 5.97 Å². The summed E-state index contributed by atoms with van der Waals surface area (Å²) in [6.07, 6.45) is 0.992. The zero-order chi connectivity index (χ0) is 18.4. The number of methoxy groups -OCH3 is 1. The molecule has 1 aromatic carbocycles. The summed E-state index contributed by atoms with van der Waals surface area (Å²) >= 11 is 0. The molecule has 0 bridgehead atoms. The molecule has 0 radical (unpaired) electrons. The lowest BCUT2D eigenvalue weighted by molar-refractivity contribution is -0.137. The first-order chi connectivity index (χ1) is 11.8. The molecule has 1 aliphatic rings. The summed E-state index contributed by atoms with van der Waals surface area (Å²) in [7, 11) is -2.18. The summed E-state index contributed by atoms with van der Waals surface area (Å²) in [6, 6.07) is 6.11. The Bertz CT molecular complexity index is 717.